The zero-order valence-corrected chi connectivity index (χ0v) is 19.7. The van der Waals surface area contributed by atoms with Gasteiger partial charge in [-0.05, 0) is 67.5 Å². The Balaban J connectivity index is 1.45. The van der Waals surface area contributed by atoms with E-state index in [9.17, 15) is 18.8 Å². The molecule has 1 aliphatic heterocycles. The van der Waals surface area contributed by atoms with E-state index in [2.05, 4.69) is 10.3 Å². The maximum absolute atomic E-state index is 14.0. The minimum absolute atomic E-state index is 0.00140. The number of hydrogen-bond donors (Lipinski definition) is 1. The van der Waals surface area contributed by atoms with E-state index in [0.29, 0.717) is 31.2 Å². The second-order valence-corrected chi connectivity index (χ2v) is 10.7. The van der Waals surface area contributed by atoms with Gasteiger partial charge < -0.3 is 5.32 Å². The number of carbonyl (C=O) groups is 1. The van der Waals surface area contributed by atoms with Crippen molar-refractivity contribution in [3.8, 4) is 0 Å². The molecule has 174 valence electrons. The molecular formula is C23H25FN4O3S2. The molecule has 1 amide bonds. The van der Waals surface area contributed by atoms with Gasteiger partial charge in [0, 0.05) is 29.1 Å². The average molecular weight is 489 g/mol. The lowest BCUT2D eigenvalue weighted by atomic mass is 9.90. The Morgan fingerprint density at radius 1 is 1.06 bits per heavy atom. The lowest BCUT2D eigenvalue weighted by Crippen LogP contribution is -2.46. The Hall–Kier alpha value is -2.46. The summed E-state index contributed by atoms with van der Waals surface area (Å²) in [6, 6.07) is 2.66. The van der Waals surface area contributed by atoms with Crippen LogP contribution in [0.3, 0.4) is 0 Å². The third-order valence-corrected chi connectivity index (χ3v) is 8.39. The number of nitrogens with one attached hydrogen (secondary N) is 1. The molecule has 3 aromatic heterocycles. The zero-order chi connectivity index (χ0) is 22.9. The molecule has 1 saturated carbocycles. The number of pyridine rings is 1. The summed E-state index contributed by atoms with van der Waals surface area (Å²) in [5.41, 5.74) is 0.0932. The van der Waals surface area contributed by atoms with Gasteiger partial charge >= 0.3 is 5.69 Å². The van der Waals surface area contributed by atoms with Gasteiger partial charge in [-0.3, -0.25) is 18.7 Å². The molecule has 7 nitrogen and oxygen atoms in total. The molecule has 1 N–H and O–H groups in total. The van der Waals surface area contributed by atoms with Crippen molar-refractivity contribution in [1.82, 2.24) is 19.4 Å². The number of hydrogen-bond acceptors (Lipinski definition) is 6. The van der Waals surface area contributed by atoms with E-state index in [-0.39, 0.29) is 40.8 Å². The largest absolute Gasteiger partial charge is 0.349 e. The van der Waals surface area contributed by atoms with Crippen LogP contribution in [0.1, 0.15) is 61.0 Å². The highest BCUT2D eigenvalue weighted by Gasteiger charge is 2.29. The van der Waals surface area contributed by atoms with Crippen molar-refractivity contribution in [3.05, 3.63) is 61.3 Å². The van der Waals surface area contributed by atoms with Crippen LogP contribution >= 0.6 is 23.1 Å². The van der Waals surface area contributed by atoms with Gasteiger partial charge in [0.2, 0.25) is 0 Å². The molecule has 4 heterocycles. The predicted molar refractivity (Wildman–Crippen MR) is 129 cm³/mol. The van der Waals surface area contributed by atoms with Crippen LogP contribution in [-0.2, 0) is 0 Å². The maximum atomic E-state index is 14.0. The van der Waals surface area contributed by atoms with Crippen LogP contribution in [0, 0.1) is 5.82 Å². The fourth-order valence-corrected chi connectivity index (χ4v) is 6.66. The molecule has 0 radical (unpaired) electrons. The van der Waals surface area contributed by atoms with Crippen LogP contribution in [0.25, 0.3) is 11.0 Å². The van der Waals surface area contributed by atoms with Crippen molar-refractivity contribution in [2.75, 3.05) is 11.5 Å². The molecule has 0 bridgehead atoms. The summed E-state index contributed by atoms with van der Waals surface area (Å²) < 4.78 is 17.0. The van der Waals surface area contributed by atoms with E-state index in [4.69, 9.17) is 0 Å². The van der Waals surface area contributed by atoms with E-state index < -0.39 is 11.4 Å². The van der Waals surface area contributed by atoms with Crippen LogP contribution in [0.5, 0.6) is 0 Å². The Labute approximate surface area is 198 Å². The van der Waals surface area contributed by atoms with Gasteiger partial charge in [0.05, 0.1) is 11.6 Å². The Bertz CT molecular complexity index is 1270. The van der Waals surface area contributed by atoms with Crippen molar-refractivity contribution in [2.45, 2.75) is 56.7 Å². The van der Waals surface area contributed by atoms with E-state index >= 15 is 0 Å². The summed E-state index contributed by atoms with van der Waals surface area (Å²) in [4.78, 5) is 43.5. The summed E-state index contributed by atoms with van der Waals surface area (Å²) in [6.45, 7) is 0. The average Bonchev–Trinajstić information content (AvgIpc) is 3.37. The van der Waals surface area contributed by atoms with Crippen molar-refractivity contribution in [2.24, 2.45) is 0 Å². The Morgan fingerprint density at radius 2 is 1.79 bits per heavy atom. The molecule has 33 heavy (non-hydrogen) atoms. The van der Waals surface area contributed by atoms with E-state index in [1.807, 2.05) is 22.5 Å². The molecule has 1 saturated heterocycles. The summed E-state index contributed by atoms with van der Waals surface area (Å²) in [6.07, 6.45) is 5.24. The molecular weight excluding hydrogens is 463 g/mol. The molecule has 2 fully saturated rings. The van der Waals surface area contributed by atoms with Crippen molar-refractivity contribution < 1.29 is 9.18 Å². The van der Waals surface area contributed by atoms with Crippen LogP contribution in [0.4, 0.5) is 4.39 Å². The van der Waals surface area contributed by atoms with Crippen molar-refractivity contribution in [1.29, 1.82) is 0 Å². The first-order valence-electron chi connectivity index (χ1n) is 11.3. The Kier molecular flexibility index (Phi) is 6.38. The van der Waals surface area contributed by atoms with Crippen molar-refractivity contribution >= 4 is 40.0 Å². The number of fused-ring (bicyclic) bond motifs is 1. The number of nitrogens with zero attached hydrogens (tertiary/aromatic N) is 3. The van der Waals surface area contributed by atoms with E-state index in [1.165, 1.54) is 22.0 Å². The molecule has 0 atom stereocenters. The van der Waals surface area contributed by atoms with Gasteiger partial charge in [0.25, 0.3) is 11.5 Å². The highest BCUT2D eigenvalue weighted by molar-refractivity contribution is 7.99. The molecule has 2 aliphatic rings. The number of aromatic nitrogens is 3. The molecule has 0 spiro atoms. The van der Waals surface area contributed by atoms with Gasteiger partial charge in [-0.25, -0.2) is 14.2 Å². The number of thiophene rings is 1. The topological polar surface area (TPSA) is 86.0 Å². The zero-order valence-electron chi connectivity index (χ0n) is 18.0. The number of carbonyl (C=O) groups excluding carboxylic acids is 1. The number of halogens is 1. The molecule has 5 rings (SSSR count). The van der Waals surface area contributed by atoms with Gasteiger partial charge in [0.1, 0.15) is 11.5 Å². The van der Waals surface area contributed by atoms with E-state index in [1.54, 1.807) is 10.6 Å². The summed E-state index contributed by atoms with van der Waals surface area (Å²) >= 11 is 3.32. The number of thioether (sulfide) groups is 1. The highest BCUT2D eigenvalue weighted by Crippen LogP contribution is 2.30. The van der Waals surface area contributed by atoms with Gasteiger partial charge in [-0.1, -0.05) is 0 Å². The number of amides is 1. The molecule has 3 aromatic rings. The first kappa shape index (κ1) is 22.3. The van der Waals surface area contributed by atoms with E-state index in [0.717, 1.165) is 30.5 Å². The van der Waals surface area contributed by atoms with Gasteiger partial charge in [0.15, 0.2) is 0 Å². The monoisotopic (exact) mass is 488 g/mol. The predicted octanol–water partition coefficient (Wildman–Crippen LogP) is 3.74. The highest BCUT2D eigenvalue weighted by atomic mass is 32.2. The van der Waals surface area contributed by atoms with Crippen molar-refractivity contribution in [3.63, 3.8) is 0 Å². The lowest BCUT2D eigenvalue weighted by Gasteiger charge is -2.31. The normalized spacial score (nSPS) is 21.8. The van der Waals surface area contributed by atoms with Gasteiger partial charge in [-0.2, -0.15) is 23.1 Å². The lowest BCUT2D eigenvalue weighted by molar-refractivity contribution is 0.0922. The van der Waals surface area contributed by atoms with Crippen LogP contribution in [0.15, 0.2) is 38.7 Å². The third-order valence-electron chi connectivity index (χ3n) is 6.66. The molecule has 0 unspecified atom stereocenters. The van der Waals surface area contributed by atoms with Crippen LogP contribution < -0.4 is 16.6 Å². The quantitative estimate of drug-likeness (QED) is 0.605. The third kappa shape index (κ3) is 4.38. The van der Waals surface area contributed by atoms with Crippen LogP contribution in [0.2, 0.25) is 0 Å². The van der Waals surface area contributed by atoms with Crippen LogP contribution in [-0.4, -0.2) is 37.6 Å². The second-order valence-electron chi connectivity index (χ2n) is 8.69. The standard InChI is InChI=1S/C23H25FN4O3S2/c24-15-11-19-20(25-12-15)27(18-6-9-32-10-7-18)23(31)28(22(19)30)17-3-1-16(2-4-17)26-21(29)14-5-8-33-13-14/h5,8,11-13,16-18H,1-4,6-7,9-10H2,(H,26,29). The summed E-state index contributed by atoms with van der Waals surface area (Å²) in [5.74, 6) is 1.19. The minimum Gasteiger partial charge on any atom is -0.349 e. The fourth-order valence-electron chi connectivity index (χ4n) is 4.94. The first-order valence-corrected chi connectivity index (χ1v) is 13.4. The minimum atomic E-state index is -0.588. The summed E-state index contributed by atoms with van der Waals surface area (Å²) in [7, 11) is 0. The fraction of sp³-hybridized carbons (Fsp3) is 0.478. The second kappa shape index (κ2) is 9.42. The SMILES string of the molecule is O=C(NC1CCC(n2c(=O)c3cc(F)cnc3n(C3CCSCC3)c2=O)CC1)c1ccsc1. The first-order chi connectivity index (χ1) is 16.0. The molecule has 0 aromatic carbocycles. The smallest absolute Gasteiger partial charge is 0.333 e. The maximum Gasteiger partial charge on any atom is 0.333 e. The molecule has 10 heteroatoms. The Morgan fingerprint density at radius 3 is 2.48 bits per heavy atom. The summed E-state index contributed by atoms with van der Waals surface area (Å²) in [5, 5.41) is 6.89. The molecule has 1 aliphatic carbocycles. The van der Waals surface area contributed by atoms with Gasteiger partial charge in [-0.15, -0.1) is 0 Å². The number of rotatable bonds is 4.